The van der Waals surface area contributed by atoms with Crippen LogP contribution in [0.15, 0.2) is 70.2 Å². The molecule has 188 valence electrons. The summed E-state index contributed by atoms with van der Waals surface area (Å²) in [5.41, 5.74) is 4.75. The second kappa shape index (κ2) is 10.6. The average molecular weight is 501 g/mol. The number of alkyl halides is 1. The number of nitrogens with zero attached hydrogens (tertiary/aromatic N) is 2. The standard InChI is InChI=1S/C27H33FN2O4S/c1-19-4-10-26(14-20(19)2)35(32,33)30-12-13-34-27-11-7-23(15-24(27)18-30)17-29(21(3)31)16-22-5-8-25(28)9-6-22/h4-8,10,14-15,25,27H,9,11-13,16-18H2,1-3H3. The van der Waals surface area contributed by atoms with E-state index in [0.29, 0.717) is 37.4 Å². The molecule has 1 heterocycles. The molecule has 0 saturated carbocycles. The lowest BCUT2D eigenvalue weighted by Crippen LogP contribution is -2.35. The van der Waals surface area contributed by atoms with Crippen LogP contribution in [0.25, 0.3) is 0 Å². The van der Waals surface area contributed by atoms with Crippen molar-refractivity contribution in [1.82, 2.24) is 9.21 Å². The highest BCUT2D eigenvalue weighted by atomic mass is 32.2. The predicted molar refractivity (Wildman–Crippen MR) is 134 cm³/mol. The van der Waals surface area contributed by atoms with Gasteiger partial charge in [0.25, 0.3) is 0 Å². The Morgan fingerprint density at radius 1 is 1.14 bits per heavy atom. The van der Waals surface area contributed by atoms with Crippen molar-refractivity contribution in [2.24, 2.45) is 0 Å². The molecule has 0 N–H and O–H groups in total. The van der Waals surface area contributed by atoms with E-state index in [0.717, 1.165) is 27.8 Å². The maximum Gasteiger partial charge on any atom is 0.243 e. The number of allylic oxidation sites excluding steroid dienone is 2. The zero-order valence-electron chi connectivity index (χ0n) is 20.5. The van der Waals surface area contributed by atoms with Gasteiger partial charge in [0.15, 0.2) is 0 Å². The third-order valence-electron chi connectivity index (χ3n) is 6.83. The molecule has 3 aliphatic rings. The van der Waals surface area contributed by atoms with Crippen molar-refractivity contribution in [3.63, 3.8) is 0 Å². The van der Waals surface area contributed by atoms with Crippen molar-refractivity contribution in [1.29, 1.82) is 0 Å². The van der Waals surface area contributed by atoms with Crippen LogP contribution in [0.3, 0.4) is 0 Å². The third kappa shape index (κ3) is 6.00. The van der Waals surface area contributed by atoms with Gasteiger partial charge in [0, 0.05) is 39.5 Å². The summed E-state index contributed by atoms with van der Waals surface area (Å²) in [6, 6.07) is 5.21. The highest BCUT2D eigenvalue weighted by Crippen LogP contribution is 2.28. The number of amides is 1. The van der Waals surface area contributed by atoms with E-state index in [2.05, 4.69) is 6.08 Å². The van der Waals surface area contributed by atoms with E-state index < -0.39 is 16.2 Å². The van der Waals surface area contributed by atoms with Gasteiger partial charge in [-0.2, -0.15) is 4.31 Å². The largest absolute Gasteiger partial charge is 0.372 e. The van der Waals surface area contributed by atoms with Crippen LogP contribution in [0.5, 0.6) is 0 Å². The van der Waals surface area contributed by atoms with Crippen LogP contribution in [0.2, 0.25) is 0 Å². The first-order chi connectivity index (χ1) is 16.6. The van der Waals surface area contributed by atoms with Crippen molar-refractivity contribution in [3.8, 4) is 0 Å². The summed E-state index contributed by atoms with van der Waals surface area (Å²) in [5, 5.41) is 0. The first-order valence-electron chi connectivity index (χ1n) is 12.0. The first kappa shape index (κ1) is 25.5. The summed E-state index contributed by atoms with van der Waals surface area (Å²) in [4.78, 5) is 14.3. The highest BCUT2D eigenvalue weighted by Gasteiger charge is 2.32. The molecule has 2 atom stereocenters. The fourth-order valence-corrected chi connectivity index (χ4v) is 6.01. The number of hydrogen-bond acceptors (Lipinski definition) is 4. The van der Waals surface area contributed by atoms with Crippen LogP contribution >= 0.6 is 0 Å². The normalized spacial score (nSPS) is 23.0. The van der Waals surface area contributed by atoms with Crippen molar-refractivity contribution in [3.05, 3.63) is 76.4 Å². The Morgan fingerprint density at radius 2 is 1.89 bits per heavy atom. The Balaban J connectivity index is 1.51. The second-order valence-corrected chi connectivity index (χ2v) is 11.4. The third-order valence-corrected chi connectivity index (χ3v) is 8.67. The molecule has 1 amide bonds. The molecule has 6 nitrogen and oxygen atoms in total. The number of ether oxygens (including phenoxy) is 1. The van der Waals surface area contributed by atoms with E-state index in [9.17, 15) is 17.6 Å². The Hall–Kier alpha value is -2.55. The molecule has 2 aliphatic carbocycles. The molecule has 1 aromatic carbocycles. The molecule has 0 bridgehead atoms. The Kier molecular flexibility index (Phi) is 7.73. The highest BCUT2D eigenvalue weighted by molar-refractivity contribution is 7.89. The molecular formula is C27H33FN2O4S. The minimum atomic E-state index is -3.67. The second-order valence-electron chi connectivity index (χ2n) is 9.44. The lowest BCUT2D eigenvalue weighted by atomic mass is 9.96. The molecule has 0 spiro atoms. The maximum absolute atomic E-state index is 13.4. The number of rotatable bonds is 6. The Labute approximate surface area is 207 Å². The topological polar surface area (TPSA) is 66.9 Å². The lowest BCUT2D eigenvalue weighted by Gasteiger charge is -2.28. The van der Waals surface area contributed by atoms with Crippen LogP contribution in [0.1, 0.15) is 30.9 Å². The summed E-state index contributed by atoms with van der Waals surface area (Å²) in [5.74, 6) is -0.0702. The molecule has 1 aromatic rings. The lowest BCUT2D eigenvalue weighted by molar-refractivity contribution is -0.128. The van der Waals surface area contributed by atoms with E-state index in [1.807, 2.05) is 32.1 Å². The Morgan fingerprint density at radius 3 is 2.57 bits per heavy atom. The zero-order chi connectivity index (χ0) is 25.2. The number of carbonyl (C=O) groups excluding carboxylic acids is 1. The van der Waals surface area contributed by atoms with Gasteiger partial charge in [-0.3, -0.25) is 4.79 Å². The van der Waals surface area contributed by atoms with Crippen molar-refractivity contribution >= 4 is 15.9 Å². The van der Waals surface area contributed by atoms with E-state index >= 15 is 0 Å². The molecule has 35 heavy (non-hydrogen) atoms. The molecule has 4 rings (SSSR count). The molecule has 0 radical (unpaired) electrons. The number of fused-ring (bicyclic) bond motifs is 1. The van der Waals surface area contributed by atoms with E-state index in [4.69, 9.17) is 4.74 Å². The molecule has 0 aromatic heterocycles. The maximum atomic E-state index is 13.4. The molecule has 8 heteroatoms. The van der Waals surface area contributed by atoms with Crippen molar-refractivity contribution < 1.29 is 22.3 Å². The van der Waals surface area contributed by atoms with E-state index in [1.165, 1.54) is 17.3 Å². The van der Waals surface area contributed by atoms with Gasteiger partial charge in [0.1, 0.15) is 6.17 Å². The van der Waals surface area contributed by atoms with Gasteiger partial charge >= 0.3 is 0 Å². The smallest absolute Gasteiger partial charge is 0.243 e. The minimum Gasteiger partial charge on any atom is -0.372 e. The number of benzene rings is 1. The first-order valence-corrected chi connectivity index (χ1v) is 13.4. The van der Waals surface area contributed by atoms with Crippen molar-refractivity contribution in [2.75, 3.05) is 32.8 Å². The van der Waals surface area contributed by atoms with E-state index in [1.54, 1.807) is 23.1 Å². The summed E-state index contributed by atoms with van der Waals surface area (Å²) >= 11 is 0. The van der Waals surface area contributed by atoms with Crippen LogP contribution in [-0.4, -0.2) is 68.6 Å². The zero-order valence-corrected chi connectivity index (χ0v) is 21.4. The molecule has 1 aliphatic heterocycles. The summed E-state index contributed by atoms with van der Waals surface area (Å²) in [6.45, 7) is 7.07. The Bertz CT molecular complexity index is 1220. The van der Waals surface area contributed by atoms with E-state index in [-0.39, 0.29) is 25.1 Å². The predicted octanol–water partition coefficient (Wildman–Crippen LogP) is 4.02. The fourth-order valence-electron chi connectivity index (χ4n) is 4.52. The van der Waals surface area contributed by atoms with Gasteiger partial charge in [-0.05, 0) is 60.2 Å². The fraction of sp³-hybridized carbons (Fsp3) is 0.444. The number of carbonyl (C=O) groups is 1. The summed E-state index contributed by atoms with van der Waals surface area (Å²) in [7, 11) is -3.67. The summed E-state index contributed by atoms with van der Waals surface area (Å²) < 4.78 is 47.7. The van der Waals surface area contributed by atoms with Crippen LogP contribution in [0, 0.1) is 13.8 Å². The van der Waals surface area contributed by atoms with Gasteiger partial charge in [-0.15, -0.1) is 0 Å². The molecule has 1 fully saturated rings. The van der Waals surface area contributed by atoms with Crippen LogP contribution in [-0.2, 0) is 19.6 Å². The quantitative estimate of drug-likeness (QED) is 0.592. The molecule has 1 saturated heterocycles. The molecular weight excluding hydrogens is 467 g/mol. The number of aryl methyl sites for hydroxylation is 2. The summed E-state index contributed by atoms with van der Waals surface area (Å²) in [6.07, 6.45) is 8.95. The number of sulfonamides is 1. The monoisotopic (exact) mass is 500 g/mol. The van der Waals surface area contributed by atoms with Gasteiger partial charge in [-0.25, -0.2) is 12.8 Å². The van der Waals surface area contributed by atoms with Gasteiger partial charge in [0.05, 0.1) is 17.6 Å². The number of halogens is 1. The average Bonchev–Trinajstić information content (AvgIpc) is 3.04. The number of hydrogen-bond donors (Lipinski definition) is 0. The van der Waals surface area contributed by atoms with Crippen molar-refractivity contribution in [2.45, 2.75) is 50.8 Å². The SMILES string of the molecule is CC(=O)N(CC1=CCC(F)C=C1)CC1=CCC2OCCN(S(=O)(=O)c3ccc(C)c(C)c3)CC2=C1. The van der Waals surface area contributed by atoms with Crippen LogP contribution < -0.4 is 0 Å². The van der Waals surface area contributed by atoms with Gasteiger partial charge in [0.2, 0.25) is 15.9 Å². The van der Waals surface area contributed by atoms with Gasteiger partial charge < -0.3 is 9.64 Å². The van der Waals surface area contributed by atoms with Crippen LogP contribution in [0.4, 0.5) is 4.39 Å². The van der Waals surface area contributed by atoms with Gasteiger partial charge in [-0.1, -0.05) is 36.4 Å². The molecule has 2 unspecified atom stereocenters. The minimum absolute atomic E-state index is 0.0702.